The fourth-order valence-corrected chi connectivity index (χ4v) is 3.71. The minimum Gasteiger partial charge on any atom is -0.497 e. The van der Waals surface area contributed by atoms with Crippen LogP contribution in [-0.2, 0) is 4.79 Å². The van der Waals surface area contributed by atoms with Gasteiger partial charge >= 0.3 is 0 Å². The summed E-state index contributed by atoms with van der Waals surface area (Å²) in [6, 6.07) is 5.83. The average Bonchev–Trinajstić information content (AvgIpc) is 2.72. The number of carbonyl (C=O) groups excluding carboxylic acids is 1. The summed E-state index contributed by atoms with van der Waals surface area (Å²) in [5.74, 6) is 1.52. The van der Waals surface area contributed by atoms with Gasteiger partial charge in [-0.3, -0.25) is 4.79 Å². The van der Waals surface area contributed by atoms with Gasteiger partial charge in [0.05, 0.1) is 24.2 Å². The Hall–Kier alpha value is -2.89. The first-order chi connectivity index (χ1) is 13.6. The summed E-state index contributed by atoms with van der Waals surface area (Å²) in [5.41, 5.74) is 1.78. The molecule has 0 radical (unpaired) electrons. The minimum absolute atomic E-state index is 0.0708. The van der Waals surface area contributed by atoms with E-state index < -0.39 is 0 Å². The molecule has 1 amide bonds. The van der Waals surface area contributed by atoms with Crippen LogP contribution in [0.4, 0.5) is 5.95 Å². The van der Waals surface area contributed by atoms with Crippen LogP contribution in [0.3, 0.4) is 0 Å². The Morgan fingerprint density at radius 3 is 2.75 bits per heavy atom. The van der Waals surface area contributed by atoms with Crippen LogP contribution in [0.1, 0.15) is 18.5 Å². The van der Waals surface area contributed by atoms with Gasteiger partial charge in [-0.1, -0.05) is 12.2 Å². The molecule has 0 saturated carbocycles. The molecule has 2 aromatic rings. The van der Waals surface area contributed by atoms with E-state index in [0.29, 0.717) is 25.6 Å². The summed E-state index contributed by atoms with van der Waals surface area (Å²) in [4.78, 5) is 26.4. The van der Waals surface area contributed by atoms with Gasteiger partial charge in [0.25, 0.3) is 0 Å². The van der Waals surface area contributed by atoms with Crippen LogP contribution in [0.2, 0.25) is 0 Å². The van der Waals surface area contributed by atoms with Crippen molar-refractivity contribution in [2.75, 3.05) is 38.2 Å². The Bertz CT molecular complexity index is 870. The SMILES string of the molecule is C=CCN(CC=C)C(=O)C1CCCN(c2nc(C)c3ccc(OC)cc3n2)C1. The van der Waals surface area contributed by atoms with Crippen molar-refractivity contribution in [2.24, 2.45) is 5.92 Å². The van der Waals surface area contributed by atoms with Gasteiger partial charge in [0.15, 0.2) is 0 Å². The van der Waals surface area contributed by atoms with Crippen LogP contribution in [0.25, 0.3) is 10.9 Å². The van der Waals surface area contributed by atoms with Gasteiger partial charge in [-0.25, -0.2) is 9.97 Å². The summed E-state index contributed by atoms with van der Waals surface area (Å²) in [6.45, 7) is 12.0. The quantitative estimate of drug-likeness (QED) is 0.690. The lowest BCUT2D eigenvalue weighted by atomic mass is 9.96. The predicted molar refractivity (Wildman–Crippen MR) is 113 cm³/mol. The maximum atomic E-state index is 13.0. The smallest absolute Gasteiger partial charge is 0.228 e. The molecule has 1 saturated heterocycles. The van der Waals surface area contributed by atoms with E-state index in [-0.39, 0.29) is 11.8 Å². The van der Waals surface area contributed by atoms with Gasteiger partial charge in [-0.15, -0.1) is 13.2 Å². The summed E-state index contributed by atoms with van der Waals surface area (Å²) in [6.07, 6.45) is 5.32. The second-order valence-corrected chi connectivity index (χ2v) is 7.10. The number of ether oxygens (including phenoxy) is 1. The van der Waals surface area contributed by atoms with E-state index in [4.69, 9.17) is 14.7 Å². The molecule has 0 aliphatic carbocycles. The molecule has 3 rings (SSSR count). The number of piperidine rings is 1. The molecule has 28 heavy (non-hydrogen) atoms. The number of nitrogens with zero attached hydrogens (tertiary/aromatic N) is 4. The second-order valence-electron chi connectivity index (χ2n) is 7.10. The Kier molecular flexibility index (Phi) is 6.29. The van der Waals surface area contributed by atoms with E-state index in [1.165, 1.54) is 0 Å². The van der Waals surface area contributed by atoms with Crippen molar-refractivity contribution in [1.29, 1.82) is 0 Å². The lowest BCUT2D eigenvalue weighted by molar-refractivity contribution is -0.134. The first-order valence-corrected chi connectivity index (χ1v) is 9.65. The molecule has 2 heterocycles. The molecule has 6 heteroatoms. The maximum absolute atomic E-state index is 13.0. The Balaban J connectivity index is 1.84. The van der Waals surface area contributed by atoms with Gasteiger partial charge in [0.2, 0.25) is 11.9 Å². The molecule has 148 valence electrons. The first-order valence-electron chi connectivity index (χ1n) is 9.65. The third-order valence-electron chi connectivity index (χ3n) is 5.15. The fraction of sp³-hybridized carbons (Fsp3) is 0.409. The van der Waals surface area contributed by atoms with Crippen molar-refractivity contribution >= 4 is 22.8 Å². The molecule has 0 spiro atoms. The molecule has 1 atom stereocenters. The average molecular weight is 380 g/mol. The Morgan fingerprint density at radius 2 is 2.07 bits per heavy atom. The molecule has 1 fully saturated rings. The number of anilines is 1. The molecule has 6 nitrogen and oxygen atoms in total. The number of carbonyl (C=O) groups is 1. The summed E-state index contributed by atoms with van der Waals surface area (Å²) in [7, 11) is 1.65. The van der Waals surface area contributed by atoms with Gasteiger partial charge in [0, 0.05) is 37.6 Å². The van der Waals surface area contributed by atoms with Gasteiger partial charge in [-0.2, -0.15) is 0 Å². The molecule has 1 aromatic heterocycles. The van der Waals surface area contributed by atoms with Crippen molar-refractivity contribution < 1.29 is 9.53 Å². The number of fused-ring (bicyclic) bond motifs is 1. The van der Waals surface area contributed by atoms with E-state index in [0.717, 1.165) is 41.7 Å². The first kappa shape index (κ1) is 19.9. The lowest BCUT2D eigenvalue weighted by Gasteiger charge is -2.34. The number of rotatable bonds is 7. The number of methoxy groups -OCH3 is 1. The lowest BCUT2D eigenvalue weighted by Crippen LogP contribution is -2.45. The van der Waals surface area contributed by atoms with Gasteiger partial charge in [0.1, 0.15) is 5.75 Å². The van der Waals surface area contributed by atoms with Crippen molar-refractivity contribution in [2.45, 2.75) is 19.8 Å². The largest absolute Gasteiger partial charge is 0.497 e. The van der Waals surface area contributed by atoms with Crippen LogP contribution >= 0.6 is 0 Å². The molecule has 1 aromatic carbocycles. The number of aromatic nitrogens is 2. The van der Waals surface area contributed by atoms with Crippen molar-refractivity contribution in [3.63, 3.8) is 0 Å². The van der Waals surface area contributed by atoms with Gasteiger partial charge in [-0.05, 0) is 31.9 Å². The van der Waals surface area contributed by atoms with Crippen LogP contribution in [0, 0.1) is 12.8 Å². The number of hydrogen-bond acceptors (Lipinski definition) is 5. The van der Waals surface area contributed by atoms with E-state index in [9.17, 15) is 4.79 Å². The third kappa shape index (κ3) is 4.16. The van der Waals surface area contributed by atoms with E-state index >= 15 is 0 Å². The number of amides is 1. The Labute approximate surface area is 166 Å². The monoisotopic (exact) mass is 380 g/mol. The van der Waals surface area contributed by atoms with Crippen molar-refractivity contribution in [3.05, 3.63) is 49.2 Å². The highest BCUT2D eigenvalue weighted by Gasteiger charge is 2.30. The maximum Gasteiger partial charge on any atom is 0.228 e. The third-order valence-corrected chi connectivity index (χ3v) is 5.15. The normalized spacial score (nSPS) is 16.6. The molecular formula is C22H28N4O2. The van der Waals surface area contributed by atoms with E-state index in [2.05, 4.69) is 18.1 Å². The van der Waals surface area contributed by atoms with Crippen LogP contribution in [0.5, 0.6) is 5.75 Å². The summed E-state index contributed by atoms with van der Waals surface area (Å²) < 4.78 is 5.33. The topological polar surface area (TPSA) is 58.6 Å². The van der Waals surface area contributed by atoms with Gasteiger partial charge < -0.3 is 14.5 Å². The minimum atomic E-state index is -0.0708. The molecule has 0 bridgehead atoms. The predicted octanol–water partition coefficient (Wildman–Crippen LogP) is 3.36. The van der Waals surface area contributed by atoms with E-state index in [1.807, 2.05) is 25.1 Å². The molecule has 0 N–H and O–H groups in total. The number of benzene rings is 1. The zero-order valence-corrected chi connectivity index (χ0v) is 16.7. The van der Waals surface area contributed by atoms with E-state index in [1.54, 1.807) is 24.2 Å². The zero-order valence-electron chi connectivity index (χ0n) is 16.7. The molecular weight excluding hydrogens is 352 g/mol. The second kappa shape index (κ2) is 8.87. The number of hydrogen-bond donors (Lipinski definition) is 0. The molecule has 1 aliphatic heterocycles. The summed E-state index contributed by atoms with van der Waals surface area (Å²) in [5, 5.41) is 1.01. The highest BCUT2D eigenvalue weighted by molar-refractivity contribution is 5.83. The zero-order chi connectivity index (χ0) is 20.1. The Morgan fingerprint density at radius 1 is 1.32 bits per heavy atom. The highest BCUT2D eigenvalue weighted by Crippen LogP contribution is 2.27. The van der Waals surface area contributed by atoms with Crippen molar-refractivity contribution in [3.8, 4) is 5.75 Å². The molecule has 1 unspecified atom stereocenters. The van der Waals surface area contributed by atoms with Crippen LogP contribution in [-0.4, -0.2) is 54.1 Å². The van der Waals surface area contributed by atoms with Crippen molar-refractivity contribution in [1.82, 2.24) is 14.9 Å². The number of aryl methyl sites for hydroxylation is 1. The summed E-state index contributed by atoms with van der Waals surface area (Å²) >= 11 is 0. The van der Waals surface area contributed by atoms with Crippen LogP contribution < -0.4 is 9.64 Å². The highest BCUT2D eigenvalue weighted by atomic mass is 16.5. The standard InChI is InChI=1S/C22H28N4O2/c1-5-11-25(12-6-2)21(27)17-8-7-13-26(15-17)22-23-16(3)19-10-9-18(28-4)14-20(19)24-22/h5-6,9-10,14,17H,1-2,7-8,11-13,15H2,3-4H3. The molecule has 1 aliphatic rings. The fourth-order valence-electron chi connectivity index (χ4n) is 3.71. The van der Waals surface area contributed by atoms with Crippen LogP contribution in [0.15, 0.2) is 43.5 Å².